The summed E-state index contributed by atoms with van der Waals surface area (Å²) in [5, 5.41) is 1.08. The van der Waals surface area contributed by atoms with E-state index in [-0.39, 0.29) is 29.3 Å². The summed E-state index contributed by atoms with van der Waals surface area (Å²) in [5.74, 6) is 0.145. The van der Waals surface area contributed by atoms with E-state index in [1.807, 2.05) is 69.3 Å². The maximum atomic E-state index is 13.1. The number of benzene rings is 2. The molecule has 0 spiro atoms. The Bertz CT molecular complexity index is 1070. The van der Waals surface area contributed by atoms with Crippen molar-refractivity contribution in [1.29, 1.82) is 0 Å². The molecule has 1 heterocycles. The summed E-state index contributed by atoms with van der Waals surface area (Å²) in [6.45, 7) is 6.27. The van der Waals surface area contributed by atoms with Crippen LogP contribution < -0.4 is 10.5 Å². The van der Waals surface area contributed by atoms with E-state index in [0.29, 0.717) is 22.7 Å². The molecule has 30 heavy (non-hydrogen) atoms. The third kappa shape index (κ3) is 4.74. The second-order valence-electron chi connectivity index (χ2n) is 7.37. The lowest BCUT2D eigenvalue weighted by molar-refractivity contribution is -0.116. The molecule has 158 valence electrons. The van der Waals surface area contributed by atoms with Crippen molar-refractivity contribution < 1.29 is 9.53 Å². The van der Waals surface area contributed by atoms with Crippen LogP contribution in [0, 0.1) is 0 Å². The van der Waals surface area contributed by atoms with Crippen molar-refractivity contribution >= 4 is 34.3 Å². The second-order valence-corrected chi connectivity index (χ2v) is 8.32. The van der Waals surface area contributed by atoms with E-state index in [1.54, 1.807) is 22.6 Å². The molecule has 0 saturated heterocycles. The van der Waals surface area contributed by atoms with Gasteiger partial charge in [0.25, 0.3) is 5.56 Å². The van der Waals surface area contributed by atoms with Crippen molar-refractivity contribution in [3.8, 4) is 0 Å². The number of thioether (sulfide) groups is 1. The zero-order valence-corrected chi connectivity index (χ0v) is 18.6. The lowest BCUT2D eigenvalue weighted by atomic mass is 10.2. The van der Waals surface area contributed by atoms with Crippen LogP contribution in [-0.4, -0.2) is 41.0 Å². The fourth-order valence-electron chi connectivity index (χ4n) is 3.45. The van der Waals surface area contributed by atoms with Crippen LogP contribution in [0.2, 0.25) is 0 Å². The molecule has 0 aliphatic heterocycles. The van der Waals surface area contributed by atoms with E-state index in [4.69, 9.17) is 4.74 Å². The Morgan fingerprint density at radius 3 is 2.43 bits per heavy atom. The monoisotopic (exact) mass is 425 g/mol. The molecule has 0 aliphatic rings. The SMILES string of the molecule is COCC(C)n1c(SCC(=O)N(c2ccccc2)C(C)C)nc2ccccc2c1=O. The summed E-state index contributed by atoms with van der Waals surface area (Å²) in [6, 6.07) is 16.7. The molecule has 0 fully saturated rings. The van der Waals surface area contributed by atoms with Crippen molar-refractivity contribution in [3.63, 3.8) is 0 Å². The summed E-state index contributed by atoms with van der Waals surface area (Å²) in [4.78, 5) is 32.7. The van der Waals surface area contributed by atoms with Crippen molar-refractivity contribution in [2.45, 2.75) is 38.0 Å². The standard InChI is InChI=1S/C23H27N3O3S/c1-16(2)25(18-10-6-5-7-11-18)21(27)15-30-23-24-20-13-9-8-12-19(20)22(28)26(23)17(3)14-29-4/h5-13,16-17H,14-15H2,1-4H3. The van der Waals surface area contributed by atoms with Gasteiger partial charge in [-0.3, -0.25) is 14.2 Å². The van der Waals surface area contributed by atoms with Crippen LogP contribution in [0.3, 0.4) is 0 Å². The third-order valence-corrected chi connectivity index (χ3v) is 5.71. The third-order valence-electron chi connectivity index (χ3n) is 4.77. The second kappa shape index (κ2) is 9.91. The fourth-order valence-corrected chi connectivity index (χ4v) is 4.40. The van der Waals surface area contributed by atoms with E-state index in [9.17, 15) is 9.59 Å². The molecule has 1 aromatic heterocycles. The highest BCUT2D eigenvalue weighted by Gasteiger charge is 2.22. The molecule has 3 rings (SSSR count). The molecule has 0 bridgehead atoms. The highest BCUT2D eigenvalue weighted by atomic mass is 32.2. The number of nitrogens with zero attached hydrogens (tertiary/aromatic N) is 3. The van der Waals surface area contributed by atoms with Gasteiger partial charge >= 0.3 is 0 Å². The van der Waals surface area contributed by atoms with Crippen LogP contribution in [0.25, 0.3) is 10.9 Å². The Labute approximate surface area is 180 Å². The Hall–Kier alpha value is -2.64. The lowest BCUT2D eigenvalue weighted by Crippen LogP contribution is -2.38. The maximum absolute atomic E-state index is 13.1. The minimum Gasteiger partial charge on any atom is -0.383 e. The number of carbonyl (C=O) groups is 1. The molecule has 1 unspecified atom stereocenters. The molecule has 3 aromatic rings. The number of rotatable bonds is 8. The first kappa shape index (κ1) is 22.1. The van der Waals surface area contributed by atoms with Gasteiger partial charge in [-0.1, -0.05) is 42.1 Å². The van der Waals surface area contributed by atoms with Gasteiger partial charge in [-0.05, 0) is 45.0 Å². The first-order valence-corrected chi connectivity index (χ1v) is 10.9. The molecule has 1 amide bonds. The topological polar surface area (TPSA) is 64.4 Å². The van der Waals surface area contributed by atoms with Crippen molar-refractivity contribution in [2.24, 2.45) is 0 Å². The minimum atomic E-state index is -0.201. The summed E-state index contributed by atoms with van der Waals surface area (Å²) < 4.78 is 6.89. The van der Waals surface area contributed by atoms with Crippen LogP contribution in [0.5, 0.6) is 0 Å². The lowest BCUT2D eigenvalue weighted by Gasteiger charge is -2.27. The number of fused-ring (bicyclic) bond motifs is 1. The predicted molar refractivity (Wildman–Crippen MR) is 122 cm³/mol. The average molecular weight is 426 g/mol. The van der Waals surface area contributed by atoms with E-state index >= 15 is 0 Å². The maximum Gasteiger partial charge on any atom is 0.262 e. The van der Waals surface area contributed by atoms with E-state index in [0.717, 1.165) is 5.69 Å². The fraction of sp³-hybridized carbons (Fsp3) is 0.348. The van der Waals surface area contributed by atoms with Gasteiger partial charge in [-0.15, -0.1) is 0 Å². The summed E-state index contributed by atoms with van der Waals surface area (Å²) >= 11 is 1.28. The molecular weight excluding hydrogens is 398 g/mol. The van der Waals surface area contributed by atoms with Gasteiger partial charge < -0.3 is 9.64 Å². The first-order valence-electron chi connectivity index (χ1n) is 9.94. The Balaban J connectivity index is 1.93. The van der Waals surface area contributed by atoms with E-state index in [1.165, 1.54) is 11.8 Å². The summed E-state index contributed by atoms with van der Waals surface area (Å²) in [6.07, 6.45) is 0. The van der Waals surface area contributed by atoms with Crippen LogP contribution in [0.15, 0.2) is 64.5 Å². The molecule has 0 aliphatic carbocycles. The van der Waals surface area contributed by atoms with Crippen LogP contribution >= 0.6 is 11.8 Å². The Morgan fingerprint density at radius 2 is 1.77 bits per heavy atom. The van der Waals surface area contributed by atoms with Gasteiger partial charge in [0.2, 0.25) is 5.91 Å². The van der Waals surface area contributed by atoms with Gasteiger partial charge in [0.15, 0.2) is 5.16 Å². The number of methoxy groups -OCH3 is 1. The highest BCUT2D eigenvalue weighted by molar-refractivity contribution is 7.99. The molecule has 0 radical (unpaired) electrons. The zero-order chi connectivity index (χ0) is 21.7. The Kier molecular flexibility index (Phi) is 7.29. The number of aromatic nitrogens is 2. The Morgan fingerprint density at radius 1 is 1.10 bits per heavy atom. The van der Waals surface area contributed by atoms with E-state index in [2.05, 4.69) is 4.98 Å². The predicted octanol–water partition coefficient (Wildman–Crippen LogP) is 4.14. The molecule has 2 aromatic carbocycles. The number of para-hydroxylation sites is 2. The number of hydrogen-bond donors (Lipinski definition) is 0. The summed E-state index contributed by atoms with van der Waals surface area (Å²) in [7, 11) is 1.60. The number of amides is 1. The molecule has 0 N–H and O–H groups in total. The number of ether oxygens (including phenoxy) is 1. The van der Waals surface area contributed by atoms with Gasteiger partial charge in [0.1, 0.15) is 0 Å². The summed E-state index contributed by atoms with van der Waals surface area (Å²) in [5.41, 5.74) is 1.36. The first-order chi connectivity index (χ1) is 14.4. The highest BCUT2D eigenvalue weighted by Crippen LogP contribution is 2.24. The van der Waals surface area contributed by atoms with Crippen LogP contribution in [-0.2, 0) is 9.53 Å². The molecular formula is C23H27N3O3S. The largest absolute Gasteiger partial charge is 0.383 e. The smallest absolute Gasteiger partial charge is 0.262 e. The van der Waals surface area contributed by atoms with Gasteiger partial charge in [-0.25, -0.2) is 4.98 Å². The van der Waals surface area contributed by atoms with Crippen LogP contribution in [0.4, 0.5) is 5.69 Å². The molecule has 0 saturated carbocycles. The zero-order valence-electron chi connectivity index (χ0n) is 17.7. The minimum absolute atomic E-state index is 0.0136. The van der Waals surface area contributed by atoms with Crippen molar-refractivity contribution in [1.82, 2.24) is 9.55 Å². The van der Waals surface area contributed by atoms with Crippen LogP contribution in [0.1, 0.15) is 26.8 Å². The van der Waals surface area contributed by atoms with Gasteiger partial charge in [-0.2, -0.15) is 0 Å². The number of anilines is 1. The average Bonchev–Trinajstić information content (AvgIpc) is 2.73. The van der Waals surface area contributed by atoms with Gasteiger partial charge in [0.05, 0.1) is 29.3 Å². The number of hydrogen-bond acceptors (Lipinski definition) is 5. The molecule has 6 nitrogen and oxygen atoms in total. The normalized spacial score (nSPS) is 12.3. The number of carbonyl (C=O) groups excluding carboxylic acids is 1. The van der Waals surface area contributed by atoms with Crippen molar-refractivity contribution in [2.75, 3.05) is 24.4 Å². The molecule has 1 atom stereocenters. The van der Waals surface area contributed by atoms with E-state index < -0.39 is 0 Å². The quantitative estimate of drug-likeness (QED) is 0.401. The van der Waals surface area contributed by atoms with Crippen molar-refractivity contribution in [3.05, 3.63) is 65.0 Å². The van der Waals surface area contributed by atoms with Gasteiger partial charge in [0, 0.05) is 18.8 Å². The molecule has 7 heteroatoms.